The van der Waals surface area contributed by atoms with Gasteiger partial charge in [0.1, 0.15) is 6.61 Å². The zero-order valence-electron chi connectivity index (χ0n) is 12.0. The van der Waals surface area contributed by atoms with Crippen LogP contribution in [0.5, 0.6) is 0 Å². The highest BCUT2D eigenvalue weighted by molar-refractivity contribution is 5.82. The molecule has 1 saturated heterocycles. The van der Waals surface area contributed by atoms with Crippen LogP contribution in [0.15, 0.2) is 0 Å². The van der Waals surface area contributed by atoms with Gasteiger partial charge in [-0.2, -0.15) is 0 Å². The number of carboxylic acids is 1. The second kappa shape index (κ2) is 7.40. The van der Waals surface area contributed by atoms with Crippen molar-refractivity contribution in [2.75, 3.05) is 32.8 Å². The second-order valence-corrected chi connectivity index (χ2v) is 5.61. The molecule has 1 heterocycles. The van der Waals surface area contributed by atoms with Crippen molar-refractivity contribution in [3.63, 3.8) is 0 Å². The molecular formula is C14H22N2O5. The molecule has 0 atom stereocenters. The maximum atomic E-state index is 11.9. The van der Waals surface area contributed by atoms with E-state index in [4.69, 9.17) is 9.84 Å². The Kier molecular flexibility index (Phi) is 5.55. The predicted octanol–water partition coefficient (Wildman–Crippen LogP) is -0.148. The lowest BCUT2D eigenvalue weighted by atomic mass is 9.95. The molecule has 2 N–H and O–H groups in total. The molecule has 2 fully saturated rings. The molecule has 0 radical (unpaired) electrons. The number of nitrogens with one attached hydrogen (secondary N) is 1. The van der Waals surface area contributed by atoms with Crippen molar-refractivity contribution in [3.05, 3.63) is 0 Å². The van der Waals surface area contributed by atoms with E-state index in [9.17, 15) is 14.4 Å². The largest absolute Gasteiger partial charge is 0.480 e. The van der Waals surface area contributed by atoms with Gasteiger partial charge in [-0.05, 0) is 25.7 Å². The van der Waals surface area contributed by atoms with E-state index >= 15 is 0 Å². The smallest absolute Gasteiger partial charge is 0.329 e. The molecule has 0 aromatic rings. The molecule has 7 nitrogen and oxygen atoms in total. The van der Waals surface area contributed by atoms with Crippen molar-refractivity contribution < 1.29 is 24.2 Å². The SMILES string of the molecule is O=C(O)COCCNC(=O)C1CCN(C(=O)C2CC2)CC1. The summed E-state index contributed by atoms with van der Waals surface area (Å²) in [6, 6.07) is 0. The van der Waals surface area contributed by atoms with Crippen LogP contribution in [0.3, 0.4) is 0 Å². The van der Waals surface area contributed by atoms with Crippen molar-refractivity contribution in [3.8, 4) is 0 Å². The number of ether oxygens (including phenoxy) is 1. The quantitative estimate of drug-likeness (QED) is 0.637. The molecule has 21 heavy (non-hydrogen) atoms. The average Bonchev–Trinajstić information content (AvgIpc) is 3.30. The summed E-state index contributed by atoms with van der Waals surface area (Å²) >= 11 is 0. The van der Waals surface area contributed by atoms with Crippen molar-refractivity contribution in [1.29, 1.82) is 0 Å². The maximum absolute atomic E-state index is 11.9. The molecule has 1 aliphatic heterocycles. The molecule has 0 bridgehead atoms. The minimum absolute atomic E-state index is 0.0348. The molecule has 0 spiro atoms. The number of nitrogens with zero attached hydrogens (tertiary/aromatic N) is 1. The average molecular weight is 298 g/mol. The fourth-order valence-corrected chi connectivity index (χ4v) is 2.50. The number of carbonyl (C=O) groups excluding carboxylic acids is 2. The second-order valence-electron chi connectivity index (χ2n) is 5.61. The van der Waals surface area contributed by atoms with E-state index < -0.39 is 5.97 Å². The maximum Gasteiger partial charge on any atom is 0.329 e. The number of carboxylic acid groups (broad SMARTS) is 1. The first kappa shape index (κ1) is 15.8. The van der Waals surface area contributed by atoms with Crippen molar-refractivity contribution in [2.24, 2.45) is 11.8 Å². The number of carbonyl (C=O) groups is 3. The van der Waals surface area contributed by atoms with Gasteiger partial charge < -0.3 is 20.1 Å². The summed E-state index contributed by atoms with van der Waals surface area (Å²) in [4.78, 5) is 35.9. The van der Waals surface area contributed by atoms with Gasteiger partial charge in [-0.25, -0.2) is 4.79 Å². The Balaban J connectivity index is 1.59. The Morgan fingerprint density at radius 1 is 1.10 bits per heavy atom. The van der Waals surface area contributed by atoms with Gasteiger partial charge >= 0.3 is 5.97 Å². The van der Waals surface area contributed by atoms with E-state index in [-0.39, 0.29) is 36.9 Å². The summed E-state index contributed by atoms with van der Waals surface area (Å²) in [5.41, 5.74) is 0. The highest BCUT2D eigenvalue weighted by Gasteiger charge is 2.35. The zero-order valence-corrected chi connectivity index (χ0v) is 12.0. The first-order valence-corrected chi connectivity index (χ1v) is 7.44. The molecule has 1 saturated carbocycles. The number of hydrogen-bond donors (Lipinski definition) is 2. The highest BCUT2D eigenvalue weighted by atomic mass is 16.5. The minimum Gasteiger partial charge on any atom is -0.480 e. The Morgan fingerprint density at radius 2 is 1.76 bits per heavy atom. The van der Waals surface area contributed by atoms with E-state index in [1.165, 1.54) is 0 Å². The van der Waals surface area contributed by atoms with Crippen molar-refractivity contribution >= 4 is 17.8 Å². The van der Waals surface area contributed by atoms with E-state index in [0.29, 0.717) is 32.5 Å². The van der Waals surface area contributed by atoms with Crippen LogP contribution in [0.4, 0.5) is 0 Å². The molecule has 7 heteroatoms. The van der Waals surface area contributed by atoms with Crippen LogP contribution in [0.25, 0.3) is 0 Å². The summed E-state index contributed by atoms with van der Waals surface area (Å²) in [6.45, 7) is 1.47. The molecule has 118 valence electrons. The molecule has 0 unspecified atom stereocenters. The molecule has 2 aliphatic rings. The van der Waals surface area contributed by atoms with Gasteiger partial charge in [-0.1, -0.05) is 0 Å². The van der Waals surface area contributed by atoms with E-state index in [2.05, 4.69) is 5.32 Å². The van der Waals surface area contributed by atoms with Gasteiger partial charge in [0.15, 0.2) is 0 Å². The standard InChI is InChI=1S/C14H22N2O5/c17-12(18)9-21-8-5-15-13(19)10-3-6-16(7-4-10)14(20)11-1-2-11/h10-11H,1-9H2,(H,15,19)(H,17,18). The van der Waals surface area contributed by atoms with E-state index in [0.717, 1.165) is 12.8 Å². The lowest BCUT2D eigenvalue weighted by Crippen LogP contribution is -2.44. The molecule has 2 rings (SSSR count). The fraction of sp³-hybridized carbons (Fsp3) is 0.786. The third-order valence-corrected chi connectivity index (χ3v) is 3.88. The molecule has 0 aromatic carbocycles. The number of likely N-dealkylation sites (tertiary alicyclic amines) is 1. The summed E-state index contributed by atoms with van der Waals surface area (Å²) in [7, 11) is 0. The van der Waals surface area contributed by atoms with Crippen LogP contribution >= 0.6 is 0 Å². The van der Waals surface area contributed by atoms with Crippen molar-refractivity contribution in [1.82, 2.24) is 10.2 Å². The lowest BCUT2D eigenvalue weighted by Gasteiger charge is -2.31. The van der Waals surface area contributed by atoms with Crippen LogP contribution in [-0.4, -0.2) is 60.6 Å². The monoisotopic (exact) mass is 298 g/mol. The zero-order chi connectivity index (χ0) is 15.2. The van der Waals surface area contributed by atoms with Crippen LogP contribution in [0.1, 0.15) is 25.7 Å². The minimum atomic E-state index is -1.02. The highest BCUT2D eigenvalue weighted by Crippen LogP contribution is 2.32. The van der Waals surface area contributed by atoms with Crippen molar-refractivity contribution in [2.45, 2.75) is 25.7 Å². The van der Waals surface area contributed by atoms with Gasteiger partial charge in [-0.15, -0.1) is 0 Å². The third-order valence-electron chi connectivity index (χ3n) is 3.88. The van der Waals surface area contributed by atoms with Gasteiger partial charge in [0.2, 0.25) is 11.8 Å². The molecular weight excluding hydrogens is 276 g/mol. The number of aliphatic carboxylic acids is 1. The summed E-state index contributed by atoms with van der Waals surface area (Å²) in [5.74, 6) is -0.633. The predicted molar refractivity (Wildman–Crippen MR) is 73.5 cm³/mol. The Morgan fingerprint density at radius 3 is 2.33 bits per heavy atom. The van der Waals surface area contributed by atoms with Crippen LogP contribution in [-0.2, 0) is 19.1 Å². The van der Waals surface area contributed by atoms with Crippen LogP contribution in [0, 0.1) is 11.8 Å². The van der Waals surface area contributed by atoms with Gasteiger partial charge in [-0.3, -0.25) is 9.59 Å². The first-order valence-electron chi connectivity index (χ1n) is 7.44. The number of rotatable bonds is 7. The Labute approximate surface area is 123 Å². The summed E-state index contributed by atoms with van der Waals surface area (Å²) in [5, 5.41) is 11.1. The Hall–Kier alpha value is -1.63. The van der Waals surface area contributed by atoms with E-state index in [1.807, 2.05) is 4.90 Å². The summed E-state index contributed by atoms with van der Waals surface area (Å²) < 4.78 is 4.85. The molecule has 0 aromatic heterocycles. The first-order chi connectivity index (χ1) is 10.1. The lowest BCUT2D eigenvalue weighted by molar-refractivity contribution is -0.142. The molecule has 1 aliphatic carbocycles. The van der Waals surface area contributed by atoms with Crippen LogP contribution < -0.4 is 5.32 Å². The third kappa shape index (κ3) is 5.00. The molecule has 2 amide bonds. The summed E-state index contributed by atoms with van der Waals surface area (Å²) in [6.07, 6.45) is 3.41. The van der Waals surface area contributed by atoms with Gasteiger partial charge in [0.25, 0.3) is 0 Å². The van der Waals surface area contributed by atoms with Crippen LogP contribution in [0.2, 0.25) is 0 Å². The number of piperidine rings is 1. The topological polar surface area (TPSA) is 95.9 Å². The van der Waals surface area contributed by atoms with E-state index in [1.54, 1.807) is 0 Å². The number of hydrogen-bond acceptors (Lipinski definition) is 4. The number of amides is 2. The normalized spacial score (nSPS) is 19.3. The van der Waals surface area contributed by atoms with Gasteiger partial charge in [0.05, 0.1) is 6.61 Å². The Bertz CT molecular complexity index is 400. The van der Waals surface area contributed by atoms with Gasteiger partial charge in [0, 0.05) is 31.5 Å². The fourth-order valence-electron chi connectivity index (χ4n) is 2.50.